The van der Waals surface area contributed by atoms with Gasteiger partial charge in [0.15, 0.2) is 0 Å². The van der Waals surface area contributed by atoms with Crippen molar-refractivity contribution in [3.05, 3.63) is 17.8 Å². The van der Waals surface area contributed by atoms with Gasteiger partial charge in [0.05, 0.1) is 5.69 Å². The Bertz CT molecular complexity index is 229. The van der Waals surface area contributed by atoms with Crippen molar-refractivity contribution in [3.8, 4) is 0 Å². The molecule has 0 aliphatic heterocycles. The molecule has 4 heteroatoms. The summed E-state index contributed by atoms with van der Waals surface area (Å²) in [5.74, 6) is 0.776. The van der Waals surface area contributed by atoms with E-state index in [1.807, 2.05) is 26.0 Å². The number of rotatable bonds is 3. The number of anilines is 1. The highest BCUT2D eigenvalue weighted by Gasteiger charge is 1.95. The van der Waals surface area contributed by atoms with Gasteiger partial charge >= 0.3 is 0 Å². The molecule has 1 heterocycles. The number of nitrogens with one attached hydrogen (secondary N) is 1. The van der Waals surface area contributed by atoms with E-state index in [4.69, 9.17) is 5.73 Å². The number of aryl methyl sites for hydroxylation is 1. The molecule has 1 aromatic rings. The van der Waals surface area contributed by atoms with Crippen molar-refractivity contribution in [2.45, 2.75) is 19.9 Å². The van der Waals surface area contributed by atoms with Gasteiger partial charge in [-0.1, -0.05) is 0 Å². The summed E-state index contributed by atoms with van der Waals surface area (Å²) in [6.07, 6.45) is 0. The molecule has 0 saturated carbocycles. The maximum atomic E-state index is 5.56. The van der Waals surface area contributed by atoms with E-state index in [1.54, 1.807) is 0 Å². The van der Waals surface area contributed by atoms with E-state index >= 15 is 0 Å². The van der Waals surface area contributed by atoms with Crippen molar-refractivity contribution in [3.63, 3.8) is 0 Å². The first-order valence-electron chi connectivity index (χ1n) is 3.98. The zero-order valence-electron chi connectivity index (χ0n) is 7.41. The lowest BCUT2D eigenvalue weighted by Crippen LogP contribution is -2.25. The number of hydrogen-bond donors (Lipinski definition) is 2. The predicted octanol–water partition coefficient (Wildman–Crippen LogP) is 0.544. The third kappa shape index (κ3) is 2.84. The van der Waals surface area contributed by atoms with E-state index in [-0.39, 0.29) is 6.04 Å². The standard InChI is InChI=1S/C8H14N4/c1-6(9)5-10-8-4-3-7(2)11-12-8/h3-4,6H,5,9H2,1-2H3,(H,10,12). The summed E-state index contributed by atoms with van der Waals surface area (Å²) in [5, 5.41) is 10.9. The van der Waals surface area contributed by atoms with Crippen molar-refractivity contribution < 1.29 is 0 Å². The lowest BCUT2D eigenvalue weighted by Gasteiger charge is -2.06. The molecule has 0 radical (unpaired) electrons. The van der Waals surface area contributed by atoms with Crippen LogP contribution >= 0.6 is 0 Å². The Morgan fingerprint density at radius 1 is 1.50 bits per heavy atom. The van der Waals surface area contributed by atoms with Crippen molar-refractivity contribution in [1.82, 2.24) is 10.2 Å². The smallest absolute Gasteiger partial charge is 0.148 e. The fourth-order valence-corrected chi connectivity index (χ4v) is 0.759. The van der Waals surface area contributed by atoms with Gasteiger partial charge in [-0.2, -0.15) is 5.10 Å². The van der Waals surface area contributed by atoms with Gasteiger partial charge in [0.1, 0.15) is 5.82 Å². The minimum absolute atomic E-state index is 0.133. The number of aromatic nitrogens is 2. The summed E-state index contributed by atoms with van der Waals surface area (Å²) < 4.78 is 0. The molecule has 12 heavy (non-hydrogen) atoms. The molecular formula is C8H14N4. The van der Waals surface area contributed by atoms with Crippen molar-refractivity contribution in [2.75, 3.05) is 11.9 Å². The number of nitrogens with zero attached hydrogens (tertiary/aromatic N) is 2. The molecule has 0 aliphatic carbocycles. The van der Waals surface area contributed by atoms with Crippen molar-refractivity contribution in [1.29, 1.82) is 0 Å². The summed E-state index contributed by atoms with van der Waals surface area (Å²) >= 11 is 0. The van der Waals surface area contributed by atoms with E-state index in [1.165, 1.54) is 0 Å². The fourth-order valence-electron chi connectivity index (χ4n) is 0.759. The van der Waals surface area contributed by atoms with Gasteiger partial charge in [-0.05, 0) is 26.0 Å². The first-order valence-corrected chi connectivity index (χ1v) is 3.98. The highest BCUT2D eigenvalue weighted by molar-refractivity contribution is 5.32. The van der Waals surface area contributed by atoms with Crippen molar-refractivity contribution >= 4 is 5.82 Å². The molecule has 1 rings (SSSR count). The van der Waals surface area contributed by atoms with E-state index < -0.39 is 0 Å². The molecule has 3 N–H and O–H groups in total. The van der Waals surface area contributed by atoms with Crippen LogP contribution in [0.3, 0.4) is 0 Å². The molecule has 0 amide bonds. The lowest BCUT2D eigenvalue weighted by molar-refractivity contribution is 0.774. The first-order chi connectivity index (χ1) is 5.68. The zero-order valence-corrected chi connectivity index (χ0v) is 7.41. The van der Waals surface area contributed by atoms with Crippen LogP contribution in [0.2, 0.25) is 0 Å². The van der Waals surface area contributed by atoms with Crippen LogP contribution in [0.1, 0.15) is 12.6 Å². The van der Waals surface area contributed by atoms with E-state index in [2.05, 4.69) is 15.5 Å². The van der Waals surface area contributed by atoms with Crippen LogP contribution in [0.4, 0.5) is 5.82 Å². The molecule has 1 atom stereocenters. The first kappa shape index (κ1) is 8.93. The second-order valence-corrected chi connectivity index (χ2v) is 2.92. The Morgan fingerprint density at radius 3 is 2.75 bits per heavy atom. The second-order valence-electron chi connectivity index (χ2n) is 2.92. The fraction of sp³-hybridized carbons (Fsp3) is 0.500. The molecule has 0 aliphatic rings. The molecular weight excluding hydrogens is 152 g/mol. The van der Waals surface area contributed by atoms with Crippen LogP contribution in [-0.2, 0) is 0 Å². The maximum Gasteiger partial charge on any atom is 0.148 e. The van der Waals surface area contributed by atoms with Gasteiger partial charge in [-0.25, -0.2) is 0 Å². The van der Waals surface area contributed by atoms with Gasteiger partial charge in [0.25, 0.3) is 0 Å². The molecule has 66 valence electrons. The Kier molecular flexibility index (Phi) is 2.99. The Labute approximate surface area is 72.2 Å². The normalized spacial score (nSPS) is 12.6. The van der Waals surface area contributed by atoms with Gasteiger partial charge in [-0.3, -0.25) is 0 Å². The monoisotopic (exact) mass is 166 g/mol. The number of hydrogen-bond acceptors (Lipinski definition) is 4. The highest BCUT2D eigenvalue weighted by Crippen LogP contribution is 1.99. The van der Waals surface area contributed by atoms with Crippen LogP contribution in [0.5, 0.6) is 0 Å². The summed E-state index contributed by atoms with van der Waals surface area (Å²) in [4.78, 5) is 0. The summed E-state index contributed by atoms with van der Waals surface area (Å²) in [6, 6.07) is 3.94. The second kappa shape index (κ2) is 4.01. The van der Waals surface area contributed by atoms with E-state index in [0.717, 1.165) is 18.1 Å². The maximum absolute atomic E-state index is 5.56. The Balaban J connectivity index is 2.48. The Morgan fingerprint density at radius 2 is 2.25 bits per heavy atom. The van der Waals surface area contributed by atoms with Crippen LogP contribution in [0.25, 0.3) is 0 Å². The quantitative estimate of drug-likeness (QED) is 0.688. The SMILES string of the molecule is Cc1ccc(NCC(C)N)nn1. The highest BCUT2D eigenvalue weighted by atomic mass is 15.2. The average molecular weight is 166 g/mol. The molecule has 0 fully saturated rings. The zero-order chi connectivity index (χ0) is 8.97. The molecule has 0 bridgehead atoms. The minimum Gasteiger partial charge on any atom is -0.367 e. The van der Waals surface area contributed by atoms with Gasteiger partial charge in [0.2, 0.25) is 0 Å². The molecule has 0 saturated heterocycles. The predicted molar refractivity (Wildman–Crippen MR) is 48.9 cm³/mol. The van der Waals surface area contributed by atoms with Gasteiger partial charge in [-0.15, -0.1) is 5.10 Å². The third-order valence-corrected chi connectivity index (χ3v) is 1.40. The van der Waals surface area contributed by atoms with Crippen LogP contribution in [0.15, 0.2) is 12.1 Å². The topological polar surface area (TPSA) is 63.8 Å². The van der Waals surface area contributed by atoms with Crippen LogP contribution in [-0.4, -0.2) is 22.8 Å². The van der Waals surface area contributed by atoms with Gasteiger partial charge in [0, 0.05) is 12.6 Å². The summed E-state index contributed by atoms with van der Waals surface area (Å²) in [6.45, 7) is 4.56. The van der Waals surface area contributed by atoms with E-state index in [0.29, 0.717) is 0 Å². The lowest BCUT2D eigenvalue weighted by atomic mass is 10.3. The van der Waals surface area contributed by atoms with Crippen LogP contribution in [0, 0.1) is 6.92 Å². The summed E-state index contributed by atoms with van der Waals surface area (Å²) in [7, 11) is 0. The summed E-state index contributed by atoms with van der Waals surface area (Å²) in [5.41, 5.74) is 6.48. The number of nitrogens with two attached hydrogens (primary N) is 1. The third-order valence-electron chi connectivity index (χ3n) is 1.40. The molecule has 1 aromatic heterocycles. The van der Waals surface area contributed by atoms with E-state index in [9.17, 15) is 0 Å². The van der Waals surface area contributed by atoms with Crippen molar-refractivity contribution in [2.24, 2.45) is 5.73 Å². The average Bonchev–Trinajstić information content (AvgIpc) is 2.03. The van der Waals surface area contributed by atoms with Gasteiger partial charge < -0.3 is 11.1 Å². The Hall–Kier alpha value is -1.16. The van der Waals surface area contributed by atoms with Crippen LogP contribution < -0.4 is 11.1 Å². The molecule has 1 unspecified atom stereocenters. The molecule has 4 nitrogen and oxygen atoms in total. The minimum atomic E-state index is 0.133. The molecule has 0 spiro atoms. The largest absolute Gasteiger partial charge is 0.367 e. The molecule has 0 aromatic carbocycles.